The van der Waals surface area contributed by atoms with Crippen molar-refractivity contribution in [3.63, 3.8) is 0 Å². The maximum absolute atomic E-state index is 11.4. The molecule has 0 fully saturated rings. The number of rotatable bonds is 6. The van der Waals surface area contributed by atoms with Crippen molar-refractivity contribution in [3.8, 4) is 0 Å². The molecule has 0 radical (unpaired) electrons. The molecule has 6 heteroatoms. The minimum Gasteiger partial charge on any atom is -0.465 e. The van der Waals surface area contributed by atoms with Gasteiger partial charge in [0.05, 0.1) is 19.7 Å². The van der Waals surface area contributed by atoms with E-state index in [1.807, 2.05) is 18.7 Å². The Morgan fingerprint density at radius 3 is 2.65 bits per heavy atom. The molecule has 0 bridgehead atoms. The summed E-state index contributed by atoms with van der Waals surface area (Å²) >= 11 is 0. The van der Waals surface area contributed by atoms with E-state index in [0.29, 0.717) is 24.9 Å². The van der Waals surface area contributed by atoms with Gasteiger partial charge in [0, 0.05) is 13.0 Å². The van der Waals surface area contributed by atoms with Crippen LogP contribution in [0.15, 0.2) is 4.42 Å². The maximum atomic E-state index is 11.4. The van der Waals surface area contributed by atoms with E-state index in [9.17, 15) is 4.79 Å². The molecule has 1 rings (SSSR count). The van der Waals surface area contributed by atoms with Gasteiger partial charge in [-0.15, -0.1) is 10.2 Å². The van der Waals surface area contributed by atoms with Gasteiger partial charge in [0.2, 0.25) is 11.8 Å². The van der Waals surface area contributed by atoms with Gasteiger partial charge in [0.25, 0.3) is 0 Å². The highest BCUT2D eigenvalue weighted by Gasteiger charge is 2.17. The van der Waals surface area contributed by atoms with Crippen LogP contribution in [0, 0.1) is 6.92 Å². The van der Waals surface area contributed by atoms with Gasteiger partial charge in [-0.1, -0.05) is 0 Å². The van der Waals surface area contributed by atoms with E-state index in [2.05, 4.69) is 10.2 Å². The molecule has 1 aromatic heterocycles. The first-order chi connectivity index (χ1) is 8.02. The van der Waals surface area contributed by atoms with Gasteiger partial charge in [-0.25, -0.2) is 0 Å². The number of ether oxygens (including phenoxy) is 1. The van der Waals surface area contributed by atoms with E-state index in [4.69, 9.17) is 9.15 Å². The lowest BCUT2D eigenvalue weighted by atomic mass is 10.3. The van der Waals surface area contributed by atoms with E-state index >= 15 is 0 Å². The van der Waals surface area contributed by atoms with Crippen molar-refractivity contribution >= 4 is 5.97 Å². The molecule has 0 saturated carbocycles. The van der Waals surface area contributed by atoms with Crippen molar-refractivity contribution in [1.82, 2.24) is 15.1 Å². The summed E-state index contributed by atoms with van der Waals surface area (Å²) in [7, 11) is 0. The first-order valence-electron chi connectivity index (χ1n) is 5.71. The van der Waals surface area contributed by atoms with Crippen molar-refractivity contribution in [2.45, 2.75) is 40.3 Å². The minimum absolute atomic E-state index is 0.201. The molecule has 0 aliphatic carbocycles. The van der Waals surface area contributed by atoms with E-state index < -0.39 is 0 Å². The fourth-order valence-corrected chi connectivity index (χ4v) is 1.37. The summed E-state index contributed by atoms with van der Waals surface area (Å²) < 4.78 is 10.2. The summed E-state index contributed by atoms with van der Waals surface area (Å²) in [6, 6.07) is 0.201. The quantitative estimate of drug-likeness (QED) is 0.696. The lowest BCUT2D eigenvalue weighted by Crippen LogP contribution is -2.36. The second-order valence-electron chi connectivity index (χ2n) is 4.02. The molecule has 17 heavy (non-hydrogen) atoms. The third-order valence-corrected chi connectivity index (χ3v) is 2.27. The number of aromatic nitrogens is 2. The fourth-order valence-electron chi connectivity index (χ4n) is 1.37. The summed E-state index contributed by atoms with van der Waals surface area (Å²) in [5.74, 6) is 0.803. The topological polar surface area (TPSA) is 68.5 Å². The monoisotopic (exact) mass is 241 g/mol. The summed E-state index contributed by atoms with van der Waals surface area (Å²) in [5.41, 5.74) is 0. The van der Waals surface area contributed by atoms with Crippen molar-refractivity contribution < 1.29 is 13.9 Å². The normalized spacial score (nSPS) is 11.2. The van der Waals surface area contributed by atoms with Gasteiger partial charge in [-0.2, -0.15) is 0 Å². The maximum Gasteiger partial charge on any atom is 0.320 e. The standard InChI is InChI=1S/C11H19N3O3/c1-5-16-11(15)7-14(8(2)3)6-10-13-12-9(4)17-10/h8H,5-7H2,1-4H3. The van der Waals surface area contributed by atoms with E-state index in [1.165, 1.54) is 0 Å². The average molecular weight is 241 g/mol. The zero-order valence-electron chi connectivity index (χ0n) is 10.8. The van der Waals surface area contributed by atoms with Crippen molar-refractivity contribution in [2.24, 2.45) is 0 Å². The van der Waals surface area contributed by atoms with Crippen LogP contribution < -0.4 is 0 Å². The molecule has 0 aliphatic heterocycles. The Morgan fingerprint density at radius 2 is 2.18 bits per heavy atom. The number of carbonyl (C=O) groups is 1. The third kappa shape index (κ3) is 4.52. The Labute approximate surface area is 101 Å². The predicted octanol–water partition coefficient (Wildman–Crippen LogP) is 1.15. The van der Waals surface area contributed by atoms with E-state index in [0.717, 1.165) is 0 Å². The number of nitrogens with zero attached hydrogens (tertiary/aromatic N) is 3. The molecule has 1 aromatic rings. The minimum atomic E-state index is -0.238. The van der Waals surface area contributed by atoms with Gasteiger partial charge in [-0.3, -0.25) is 9.69 Å². The molecule has 0 atom stereocenters. The fraction of sp³-hybridized carbons (Fsp3) is 0.727. The highest BCUT2D eigenvalue weighted by molar-refractivity contribution is 5.71. The zero-order valence-corrected chi connectivity index (χ0v) is 10.8. The number of aryl methyl sites for hydroxylation is 1. The molecule has 0 aromatic carbocycles. The number of esters is 1. The van der Waals surface area contributed by atoms with Crippen LogP contribution in [-0.4, -0.2) is 40.3 Å². The molecule has 6 nitrogen and oxygen atoms in total. The summed E-state index contributed by atoms with van der Waals surface area (Å²) in [6.07, 6.45) is 0. The molecule has 0 N–H and O–H groups in total. The van der Waals surface area contributed by atoms with Crippen LogP contribution in [-0.2, 0) is 16.1 Å². The van der Waals surface area contributed by atoms with Crippen LogP contribution >= 0.6 is 0 Å². The lowest BCUT2D eigenvalue weighted by Gasteiger charge is -2.23. The van der Waals surface area contributed by atoms with Gasteiger partial charge < -0.3 is 9.15 Å². The third-order valence-electron chi connectivity index (χ3n) is 2.27. The second-order valence-corrected chi connectivity index (χ2v) is 4.02. The van der Waals surface area contributed by atoms with Crippen LogP contribution in [0.25, 0.3) is 0 Å². The summed E-state index contributed by atoms with van der Waals surface area (Å²) in [6.45, 7) is 8.61. The second kappa shape index (κ2) is 6.34. The smallest absolute Gasteiger partial charge is 0.320 e. The highest BCUT2D eigenvalue weighted by atomic mass is 16.5. The molecular weight excluding hydrogens is 222 g/mol. The Kier molecular flexibility index (Phi) is 5.09. The molecule has 96 valence electrons. The number of hydrogen-bond acceptors (Lipinski definition) is 6. The average Bonchev–Trinajstić information content (AvgIpc) is 2.63. The molecule has 0 unspecified atom stereocenters. The van der Waals surface area contributed by atoms with Crippen LogP contribution in [0.4, 0.5) is 0 Å². The molecule has 1 heterocycles. The molecule has 0 spiro atoms. The lowest BCUT2D eigenvalue weighted by molar-refractivity contribution is -0.145. The molecule has 0 saturated heterocycles. The first-order valence-corrected chi connectivity index (χ1v) is 5.71. The van der Waals surface area contributed by atoms with Crippen LogP contribution in [0.5, 0.6) is 0 Å². The van der Waals surface area contributed by atoms with Crippen molar-refractivity contribution in [2.75, 3.05) is 13.2 Å². The van der Waals surface area contributed by atoms with Gasteiger partial charge in [0.1, 0.15) is 0 Å². The van der Waals surface area contributed by atoms with E-state index in [-0.39, 0.29) is 18.6 Å². The van der Waals surface area contributed by atoms with Crippen LogP contribution in [0.3, 0.4) is 0 Å². The molecular formula is C11H19N3O3. The SMILES string of the molecule is CCOC(=O)CN(Cc1nnc(C)o1)C(C)C. The Hall–Kier alpha value is -1.43. The Bertz CT molecular complexity index is 363. The number of hydrogen-bond donors (Lipinski definition) is 0. The zero-order chi connectivity index (χ0) is 12.8. The highest BCUT2D eigenvalue weighted by Crippen LogP contribution is 2.07. The first kappa shape index (κ1) is 13.6. The van der Waals surface area contributed by atoms with Crippen LogP contribution in [0.2, 0.25) is 0 Å². The van der Waals surface area contributed by atoms with Gasteiger partial charge in [0.15, 0.2) is 0 Å². The molecule has 0 aliphatic rings. The van der Waals surface area contributed by atoms with Gasteiger partial charge >= 0.3 is 5.97 Å². The van der Waals surface area contributed by atoms with Crippen molar-refractivity contribution in [3.05, 3.63) is 11.8 Å². The van der Waals surface area contributed by atoms with Crippen molar-refractivity contribution in [1.29, 1.82) is 0 Å². The Balaban J connectivity index is 2.57. The largest absolute Gasteiger partial charge is 0.465 e. The number of carbonyl (C=O) groups excluding carboxylic acids is 1. The van der Waals surface area contributed by atoms with Crippen LogP contribution in [0.1, 0.15) is 32.6 Å². The van der Waals surface area contributed by atoms with Gasteiger partial charge in [-0.05, 0) is 20.8 Å². The predicted molar refractivity (Wildman–Crippen MR) is 61.2 cm³/mol. The van der Waals surface area contributed by atoms with E-state index in [1.54, 1.807) is 13.8 Å². The molecule has 0 amide bonds. The Morgan fingerprint density at radius 1 is 1.47 bits per heavy atom. The summed E-state index contributed by atoms with van der Waals surface area (Å²) in [4.78, 5) is 13.3. The summed E-state index contributed by atoms with van der Waals surface area (Å²) in [5, 5.41) is 7.67.